The fourth-order valence-corrected chi connectivity index (χ4v) is 3.87. The average molecular weight is 435 g/mol. The minimum atomic E-state index is -0.514. The van der Waals surface area contributed by atoms with Gasteiger partial charge in [0, 0.05) is 24.7 Å². The Morgan fingerprint density at radius 3 is 2.41 bits per heavy atom. The highest BCUT2D eigenvalue weighted by Gasteiger charge is 2.36. The van der Waals surface area contributed by atoms with Gasteiger partial charge in [0.2, 0.25) is 5.91 Å². The Morgan fingerprint density at radius 2 is 1.66 bits per heavy atom. The third-order valence-electron chi connectivity index (χ3n) is 5.63. The fraction of sp³-hybridized carbons (Fsp3) is 0.280. The van der Waals surface area contributed by atoms with E-state index >= 15 is 0 Å². The van der Waals surface area contributed by atoms with E-state index in [9.17, 15) is 9.59 Å². The van der Waals surface area contributed by atoms with Gasteiger partial charge in [0.05, 0.1) is 27.2 Å². The molecule has 0 aliphatic carbocycles. The van der Waals surface area contributed by atoms with Crippen LogP contribution in [-0.4, -0.2) is 39.8 Å². The van der Waals surface area contributed by atoms with Crippen molar-refractivity contribution >= 4 is 28.3 Å². The van der Waals surface area contributed by atoms with E-state index < -0.39 is 5.92 Å². The first kappa shape index (κ1) is 21.5. The van der Waals surface area contributed by atoms with Gasteiger partial charge in [-0.25, -0.2) is 0 Å². The van der Waals surface area contributed by atoms with E-state index in [0.717, 1.165) is 22.1 Å². The molecule has 3 aromatic rings. The summed E-state index contributed by atoms with van der Waals surface area (Å²) < 4.78 is 21.3. The normalized spacial score (nSPS) is 15.7. The van der Waals surface area contributed by atoms with Crippen LogP contribution in [-0.2, 0) is 20.9 Å². The van der Waals surface area contributed by atoms with Gasteiger partial charge in [0.1, 0.15) is 12.4 Å². The maximum atomic E-state index is 12.6. The molecule has 1 unspecified atom stereocenters. The van der Waals surface area contributed by atoms with Crippen molar-refractivity contribution in [3.8, 4) is 17.2 Å². The number of benzene rings is 3. The number of esters is 1. The van der Waals surface area contributed by atoms with Gasteiger partial charge in [0.15, 0.2) is 11.5 Å². The van der Waals surface area contributed by atoms with E-state index in [4.69, 9.17) is 18.9 Å². The zero-order valence-electron chi connectivity index (χ0n) is 18.3. The van der Waals surface area contributed by atoms with Crippen LogP contribution in [0.3, 0.4) is 0 Å². The van der Waals surface area contributed by atoms with E-state index in [1.807, 2.05) is 36.4 Å². The van der Waals surface area contributed by atoms with Crippen molar-refractivity contribution < 1.29 is 28.5 Å². The summed E-state index contributed by atoms with van der Waals surface area (Å²) >= 11 is 0. The quantitative estimate of drug-likeness (QED) is 0.523. The van der Waals surface area contributed by atoms with Crippen molar-refractivity contribution in [3.63, 3.8) is 0 Å². The number of carbonyl (C=O) groups excluding carboxylic acids is 2. The first-order chi connectivity index (χ1) is 15.5. The maximum absolute atomic E-state index is 12.6. The Labute approximate surface area is 186 Å². The summed E-state index contributed by atoms with van der Waals surface area (Å²) in [6, 6.07) is 16.9. The number of amides is 1. The molecule has 166 valence electrons. The molecular formula is C25H25NO6. The van der Waals surface area contributed by atoms with Crippen molar-refractivity contribution in [1.29, 1.82) is 0 Å². The van der Waals surface area contributed by atoms with Crippen molar-refractivity contribution in [2.75, 3.05) is 32.8 Å². The van der Waals surface area contributed by atoms with Gasteiger partial charge in [-0.15, -0.1) is 0 Å². The number of hydrogen-bond acceptors (Lipinski definition) is 6. The average Bonchev–Trinajstić information content (AvgIpc) is 3.23. The monoisotopic (exact) mass is 435 g/mol. The first-order valence-corrected chi connectivity index (χ1v) is 10.3. The van der Waals surface area contributed by atoms with Crippen LogP contribution >= 0.6 is 0 Å². The number of ether oxygens (including phenoxy) is 4. The summed E-state index contributed by atoms with van der Waals surface area (Å²) in [5, 5.41) is 2.08. The molecule has 1 amide bonds. The van der Waals surface area contributed by atoms with Crippen LogP contribution in [0.5, 0.6) is 17.2 Å². The van der Waals surface area contributed by atoms with Crippen molar-refractivity contribution in [1.82, 2.24) is 0 Å². The van der Waals surface area contributed by atoms with Crippen molar-refractivity contribution in [2.24, 2.45) is 5.92 Å². The number of carbonyl (C=O) groups is 2. The lowest BCUT2D eigenvalue weighted by Gasteiger charge is -2.18. The van der Waals surface area contributed by atoms with Gasteiger partial charge in [-0.1, -0.05) is 18.2 Å². The zero-order chi connectivity index (χ0) is 22.7. The second-order valence-electron chi connectivity index (χ2n) is 7.60. The Balaban J connectivity index is 1.40. The van der Waals surface area contributed by atoms with Crippen LogP contribution in [0, 0.1) is 5.92 Å². The van der Waals surface area contributed by atoms with Crippen LogP contribution < -0.4 is 19.1 Å². The van der Waals surface area contributed by atoms with Gasteiger partial charge in [-0.05, 0) is 46.7 Å². The minimum absolute atomic E-state index is 0.116. The van der Waals surface area contributed by atoms with Crippen LogP contribution in [0.15, 0.2) is 54.6 Å². The Kier molecular flexibility index (Phi) is 6.16. The summed E-state index contributed by atoms with van der Waals surface area (Å²) in [4.78, 5) is 26.8. The summed E-state index contributed by atoms with van der Waals surface area (Å²) in [6.45, 7) is 0.423. The molecule has 1 aliphatic rings. The molecule has 1 atom stereocenters. The predicted octanol–water partition coefficient (Wildman–Crippen LogP) is 3.96. The third kappa shape index (κ3) is 4.32. The summed E-state index contributed by atoms with van der Waals surface area (Å²) in [5.74, 6) is 0.877. The molecule has 7 heteroatoms. The van der Waals surface area contributed by atoms with Crippen LogP contribution in [0.25, 0.3) is 10.8 Å². The number of anilines is 1. The number of nitrogens with zero attached hydrogens (tertiary/aromatic N) is 1. The lowest BCUT2D eigenvalue weighted by molar-refractivity contribution is -0.149. The van der Waals surface area contributed by atoms with Gasteiger partial charge in [-0.3, -0.25) is 9.59 Å². The molecule has 0 radical (unpaired) electrons. The van der Waals surface area contributed by atoms with Gasteiger partial charge < -0.3 is 23.8 Å². The van der Waals surface area contributed by atoms with Gasteiger partial charge in [-0.2, -0.15) is 0 Å². The van der Waals surface area contributed by atoms with E-state index in [-0.39, 0.29) is 31.4 Å². The minimum Gasteiger partial charge on any atom is -0.497 e. The van der Waals surface area contributed by atoms with Crippen molar-refractivity contribution in [3.05, 3.63) is 60.2 Å². The van der Waals surface area contributed by atoms with E-state index in [0.29, 0.717) is 17.2 Å². The molecule has 0 aromatic heterocycles. The molecule has 1 aliphatic heterocycles. The van der Waals surface area contributed by atoms with Crippen LogP contribution in [0.4, 0.5) is 5.69 Å². The topological polar surface area (TPSA) is 74.3 Å². The second kappa shape index (κ2) is 9.18. The highest BCUT2D eigenvalue weighted by atomic mass is 16.5. The molecule has 1 fully saturated rings. The molecule has 0 spiro atoms. The molecular weight excluding hydrogens is 410 g/mol. The summed E-state index contributed by atoms with van der Waals surface area (Å²) in [5.41, 5.74) is 1.55. The molecule has 0 N–H and O–H groups in total. The third-order valence-corrected chi connectivity index (χ3v) is 5.63. The zero-order valence-corrected chi connectivity index (χ0v) is 18.3. The van der Waals surface area contributed by atoms with E-state index in [1.54, 1.807) is 37.3 Å². The summed E-state index contributed by atoms with van der Waals surface area (Å²) in [7, 11) is 4.73. The molecule has 0 saturated carbocycles. The molecule has 7 nitrogen and oxygen atoms in total. The SMILES string of the molecule is COc1ccc2cc(COC(=O)C3CC(=O)N(c4ccc(OC)c(OC)c4)C3)ccc2c1. The van der Waals surface area contributed by atoms with Gasteiger partial charge in [0.25, 0.3) is 0 Å². The molecule has 3 aromatic carbocycles. The van der Waals surface area contributed by atoms with Gasteiger partial charge >= 0.3 is 5.97 Å². The Bertz CT molecular complexity index is 1160. The molecule has 32 heavy (non-hydrogen) atoms. The lowest BCUT2D eigenvalue weighted by Crippen LogP contribution is -2.26. The number of fused-ring (bicyclic) bond motifs is 1. The molecule has 1 saturated heterocycles. The van der Waals surface area contributed by atoms with Crippen LogP contribution in [0.1, 0.15) is 12.0 Å². The maximum Gasteiger partial charge on any atom is 0.311 e. The van der Waals surface area contributed by atoms with Crippen molar-refractivity contribution in [2.45, 2.75) is 13.0 Å². The lowest BCUT2D eigenvalue weighted by atomic mass is 10.1. The largest absolute Gasteiger partial charge is 0.497 e. The number of hydrogen-bond donors (Lipinski definition) is 0. The highest BCUT2D eigenvalue weighted by Crippen LogP contribution is 2.34. The predicted molar refractivity (Wildman–Crippen MR) is 120 cm³/mol. The van der Waals surface area contributed by atoms with Crippen LogP contribution in [0.2, 0.25) is 0 Å². The Hall–Kier alpha value is -3.74. The highest BCUT2D eigenvalue weighted by molar-refractivity contribution is 5.99. The second-order valence-corrected chi connectivity index (χ2v) is 7.60. The van der Waals surface area contributed by atoms with E-state index in [1.165, 1.54) is 7.11 Å². The molecule has 0 bridgehead atoms. The molecule has 4 rings (SSSR count). The summed E-state index contributed by atoms with van der Waals surface area (Å²) in [6.07, 6.45) is 0.116. The first-order valence-electron chi connectivity index (χ1n) is 10.3. The fourth-order valence-electron chi connectivity index (χ4n) is 3.87. The Morgan fingerprint density at radius 1 is 0.906 bits per heavy atom. The smallest absolute Gasteiger partial charge is 0.311 e. The standard InChI is InChI=1S/C25H25NO6/c1-29-21-8-6-17-10-16(4-5-18(17)11-21)15-32-25(28)19-12-24(27)26(14-19)20-7-9-22(30-2)23(13-20)31-3/h4-11,13,19H,12,14-15H2,1-3H3. The van der Waals surface area contributed by atoms with E-state index in [2.05, 4.69) is 0 Å². The number of rotatable bonds is 7. The molecule has 1 heterocycles. The number of methoxy groups -OCH3 is 3.